The number of rotatable bonds is 3. The fourth-order valence-electron chi connectivity index (χ4n) is 8.54. The average Bonchev–Trinajstić information content (AvgIpc) is 3.65. The van der Waals surface area contributed by atoms with Gasteiger partial charge in [-0.05, 0) is 113 Å². The molecule has 0 saturated carbocycles. The van der Waals surface area contributed by atoms with Gasteiger partial charge in [0.25, 0.3) is 0 Å². The van der Waals surface area contributed by atoms with Gasteiger partial charge in [-0.3, -0.25) is 0 Å². The summed E-state index contributed by atoms with van der Waals surface area (Å²) in [5.41, 5.74) is 8.10. The summed E-state index contributed by atoms with van der Waals surface area (Å²) in [7, 11) is 0. The normalized spacial score (nSPS) is 11.7. The number of hydrogen-bond acceptors (Lipinski definition) is 2. The summed E-state index contributed by atoms with van der Waals surface area (Å²) in [5.74, 6) is 0. The van der Waals surface area contributed by atoms with Gasteiger partial charge in [0.15, 0.2) is 0 Å². The highest BCUT2D eigenvalue weighted by atomic mass is 32.1. The van der Waals surface area contributed by atoms with E-state index >= 15 is 0 Å². The van der Waals surface area contributed by atoms with E-state index in [1.165, 1.54) is 85.5 Å². The minimum Gasteiger partial charge on any atom is -0.464 e. The highest BCUT2D eigenvalue weighted by molar-refractivity contribution is 7.26. The van der Waals surface area contributed by atoms with Gasteiger partial charge in [-0.1, -0.05) is 152 Å². The Hall–Kier alpha value is -6.74. The summed E-state index contributed by atoms with van der Waals surface area (Å²) >= 11 is 1.85. The van der Waals surface area contributed by atoms with E-state index in [9.17, 15) is 0 Å². The Balaban J connectivity index is 1.09. The molecule has 2 heterocycles. The van der Waals surface area contributed by atoms with Crippen LogP contribution in [-0.2, 0) is 0 Å². The molecule has 0 fully saturated rings. The summed E-state index contributed by atoms with van der Waals surface area (Å²) in [6.07, 6.45) is 1.81. The maximum absolute atomic E-state index is 6.33. The van der Waals surface area contributed by atoms with E-state index in [0.717, 1.165) is 22.1 Å². The standard InChI is InChI=1S/C52H32OS/c1-2-17-39-34(12-1)13-10-23-40(39)51-43-20-5-3-18-41(43)50(42-19-4-6-21-44(42)51)38-15-9-14-35(30-38)33-16-11-29-53-47-32-46-36(31-37(47)26-25-33)27-28-49-52(46)45-22-7-8-24-48(45)54-49/h1-32H. The predicted octanol–water partition coefficient (Wildman–Crippen LogP) is 15.5. The third-order valence-corrected chi connectivity index (χ3v) is 12.1. The van der Waals surface area contributed by atoms with Crippen LogP contribution in [0.2, 0.25) is 0 Å². The van der Waals surface area contributed by atoms with Gasteiger partial charge in [-0.15, -0.1) is 11.3 Å². The first kappa shape index (κ1) is 30.8. The Morgan fingerprint density at radius 3 is 1.78 bits per heavy atom. The Labute approximate surface area is 316 Å². The van der Waals surface area contributed by atoms with Crippen LogP contribution in [0, 0.1) is 0 Å². The summed E-state index contributed by atoms with van der Waals surface area (Å²) in [6, 6.07) is 68.4. The lowest BCUT2D eigenvalue weighted by atomic mass is 9.84. The molecule has 11 aromatic rings. The smallest absolute Gasteiger partial charge is 0.134 e. The van der Waals surface area contributed by atoms with E-state index < -0.39 is 0 Å². The Kier molecular flexibility index (Phi) is 7.11. The third-order valence-electron chi connectivity index (χ3n) is 11.0. The number of thiophene rings is 1. The highest BCUT2D eigenvalue weighted by Crippen LogP contribution is 2.46. The van der Waals surface area contributed by atoms with E-state index in [0.29, 0.717) is 0 Å². The van der Waals surface area contributed by atoms with Gasteiger partial charge in [0.1, 0.15) is 5.58 Å². The van der Waals surface area contributed by atoms with Crippen molar-refractivity contribution in [3.8, 4) is 33.4 Å². The maximum Gasteiger partial charge on any atom is 0.134 e. The van der Waals surface area contributed by atoms with Crippen LogP contribution in [0.1, 0.15) is 0 Å². The molecule has 0 atom stereocenters. The molecule has 2 aromatic heterocycles. The van der Waals surface area contributed by atoms with Gasteiger partial charge in [0.2, 0.25) is 0 Å². The highest BCUT2D eigenvalue weighted by Gasteiger charge is 2.18. The molecule has 0 spiro atoms. The number of fused-ring (bicyclic) bond motifs is 9. The first-order chi connectivity index (χ1) is 26.8. The Morgan fingerprint density at radius 2 is 0.963 bits per heavy atom. The molecule has 9 aromatic carbocycles. The summed E-state index contributed by atoms with van der Waals surface area (Å²) < 4.78 is 8.93. The van der Waals surface area contributed by atoms with Gasteiger partial charge < -0.3 is 4.42 Å². The molecule has 252 valence electrons. The Bertz CT molecular complexity index is 3280. The first-order valence-corrected chi connectivity index (χ1v) is 19.2. The fourth-order valence-corrected chi connectivity index (χ4v) is 9.66. The molecule has 0 aliphatic carbocycles. The zero-order valence-corrected chi connectivity index (χ0v) is 30.1. The lowest BCUT2D eigenvalue weighted by Gasteiger charge is -2.19. The predicted molar refractivity (Wildman–Crippen MR) is 233 cm³/mol. The van der Waals surface area contributed by atoms with Crippen molar-refractivity contribution < 1.29 is 4.42 Å². The van der Waals surface area contributed by atoms with Crippen LogP contribution in [0.4, 0.5) is 0 Å². The monoisotopic (exact) mass is 704 g/mol. The van der Waals surface area contributed by atoms with E-state index in [1.54, 1.807) is 6.26 Å². The van der Waals surface area contributed by atoms with Gasteiger partial charge in [-0.2, -0.15) is 0 Å². The molecule has 0 amide bonds. The fraction of sp³-hybridized carbons (Fsp3) is 0. The molecule has 0 saturated heterocycles. The summed E-state index contributed by atoms with van der Waals surface area (Å²) in [5, 5.41) is 13.6. The second-order valence-corrected chi connectivity index (χ2v) is 15.1. The van der Waals surface area contributed by atoms with Gasteiger partial charge in [0, 0.05) is 25.6 Å². The molecule has 11 rings (SSSR count). The summed E-state index contributed by atoms with van der Waals surface area (Å²) in [4.78, 5) is 0. The van der Waals surface area contributed by atoms with Crippen molar-refractivity contribution in [3.63, 3.8) is 0 Å². The van der Waals surface area contributed by atoms with Crippen molar-refractivity contribution in [2.45, 2.75) is 0 Å². The van der Waals surface area contributed by atoms with Crippen molar-refractivity contribution in [1.29, 1.82) is 0 Å². The molecule has 54 heavy (non-hydrogen) atoms. The molecule has 0 unspecified atom stereocenters. The second kappa shape index (κ2) is 12.4. The molecule has 0 N–H and O–H groups in total. The lowest BCUT2D eigenvalue weighted by molar-refractivity contribution is 0.607. The second-order valence-electron chi connectivity index (χ2n) is 14.0. The van der Waals surface area contributed by atoms with Crippen LogP contribution in [-0.4, -0.2) is 0 Å². The third kappa shape index (κ3) is 4.92. The lowest BCUT2D eigenvalue weighted by Crippen LogP contribution is -1.91. The molecule has 1 nitrogen and oxygen atoms in total. The SMILES string of the molecule is c1coc2cc3c(ccc4sc5ccccc5c43)cc2ccc(-c2cccc(-c3c4ccccc4c(-c4cccc5ccccc45)c4ccccc34)c2)c1. The molecule has 0 aliphatic heterocycles. The van der Waals surface area contributed by atoms with Crippen molar-refractivity contribution >= 4 is 85.6 Å². The number of hydrogen-bond donors (Lipinski definition) is 0. The zero-order valence-electron chi connectivity index (χ0n) is 29.3. The van der Waals surface area contributed by atoms with Crippen molar-refractivity contribution in [1.82, 2.24) is 0 Å². The van der Waals surface area contributed by atoms with Crippen LogP contribution in [0.25, 0.3) is 108 Å². The largest absolute Gasteiger partial charge is 0.464 e. The number of benzene rings is 9. The van der Waals surface area contributed by atoms with Crippen molar-refractivity contribution in [2.75, 3.05) is 0 Å². The minimum atomic E-state index is 0.852. The minimum absolute atomic E-state index is 0.852. The van der Waals surface area contributed by atoms with E-state index in [-0.39, 0.29) is 0 Å². The Morgan fingerprint density at radius 1 is 0.333 bits per heavy atom. The molecular formula is C52H32OS. The first-order valence-electron chi connectivity index (χ1n) is 18.4. The molecule has 0 aliphatic rings. The van der Waals surface area contributed by atoms with Crippen molar-refractivity contribution in [3.05, 3.63) is 194 Å². The van der Waals surface area contributed by atoms with Crippen LogP contribution in [0.3, 0.4) is 0 Å². The van der Waals surface area contributed by atoms with Crippen LogP contribution >= 0.6 is 11.3 Å². The average molecular weight is 705 g/mol. The maximum atomic E-state index is 6.33. The van der Waals surface area contributed by atoms with Gasteiger partial charge in [0.05, 0.1) is 6.26 Å². The van der Waals surface area contributed by atoms with Gasteiger partial charge >= 0.3 is 0 Å². The van der Waals surface area contributed by atoms with Crippen molar-refractivity contribution in [2.24, 2.45) is 0 Å². The summed E-state index contributed by atoms with van der Waals surface area (Å²) in [6.45, 7) is 0. The van der Waals surface area contributed by atoms with E-state index in [1.807, 2.05) is 17.4 Å². The van der Waals surface area contributed by atoms with E-state index in [2.05, 4.69) is 182 Å². The van der Waals surface area contributed by atoms with Crippen LogP contribution in [0.5, 0.6) is 0 Å². The van der Waals surface area contributed by atoms with Crippen LogP contribution in [0.15, 0.2) is 199 Å². The molecule has 2 heteroatoms. The molecule has 0 bridgehead atoms. The quantitative estimate of drug-likeness (QED) is 0.167. The van der Waals surface area contributed by atoms with Gasteiger partial charge in [-0.25, -0.2) is 0 Å². The van der Waals surface area contributed by atoms with Crippen LogP contribution < -0.4 is 0 Å². The molecule has 0 radical (unpaired) electrons. The topological polar surface area (TPSA) is 13.1 Å². The zero-order chi connectivity index (χ0) is 35.6. The van der Waals surface area contributed by atoms with E-state index in [4.69, 9.17) is 4.42 Å². The molecular weight excluding hydrogens is 673 g/mol.